The Morgan fingerprint density at radius 1 is 1.11 bits per heavy atom. The number of carbonyl (C=O) groups excluding carboxylic acids is 1. The van der Waals surface area contributed by atoms with E-state index in [4.69, 9.17) is 16.6 Å². The molecule has 0 spiro atoms. The monoisotopic (exact) mass is 539 g/mol. The van der Waals surface area contributed by atoms with Crippen LogP contribution in [0.5, 0.6) is 0 Å². The summed E-state index contributed by atoms with van der Waals surface area (Å²) < 4.78 is 2.09. The zero-order valence-corrected chi connectivity index (χ0v) is 23.7. The number of thiophene rings is 1. The number of aliphatic imine (C=N–C) groups is 1. The van der Waals surface area contributed by atoms with Gasteiger partial charge in [0.2, 0.25) is 5.91 Å². The summed E-state index contributed by atoms with van der Waals surface area (Å²) in [5.41, 5.74) is 3.16. The van der Waals surface area contributed by atoms with Crippen LogP contribution in [0.1, 0.15) is 46.6 Å². The number of aryl methyl sites for hydroxylation is 2. The Morgan fingerprint density at radius 2 is 1.81 bits per heavy atom. The first kappa shape index (κ1) is 26.0. The van der Waals surface area contributed by atoms with Crippen LogP contribution in [-0.2, 0) is 10.3 Å². The van der Waals surface area contributed by atoms with Gasteiger partial charge in [0.15, 0.2) is 5.82 Å². The molecule has 3 aromatic rings. The van der Waals surface area contributed by atoms with Crippen molar-refractivity contribution >= 4 is 34.6 Å². The highest BCUT2D eigenvalue weighted by atomic mass is 35.5. The summed E-state index contributed by atoms with van der Waals surface area (Å²) in [6, 6.07) is 7.75. The molecule has 196 valence electrons. The molecule has 1 saturated heterocycles. The van der Waals surface area contributed by atoms with Gasteiger partial charge in [-0.15, -0.1) is 21.5 Å². The standard InChI is InChI=1S/C27H34ClN7OS/c1-17-18(2)37-25-23(17)24(20-6-8-21(28)9-7-20)30-27(4,26-32-31-19(3)35(25)26)16-22(36)29-10-11-34-14-12-33(5)13-15-34/h6-9H,10-16H2,1-5H3,(H,29,36). The highest BCUT2D eigenvalue weighted by Crippen LogP contribution is 2.42. The number of amides is 1. The number of hydrogen-bond donors (Lipinski definition) is 1. The van der Waals surface area contributed by atoms with Crippen LogP contribution in [0.4, 0.5) is 0 Å². The number of likely N-dealkylation sites (N-methyl/N-ethyl adjacent to an activating group) is 1. The van der Waals surface area contributed by atoms with Crippen molar-refractivity contribution in [1.82, 2.24) is 29.9 Å². The Balaban J connectivity index is 1.48. The lowest BCUT2D eigenvalue weighted by Crippen LogP contribution is -2.47. The zero-order valence-electron chi connectivity index (χ0n) is 22.1. The van der Waals surface area contributed by atoms with Crippen molar-refractivity contribution in [2.75, 3.05) is 46.3 Å². The van der Waals surface area contributed by atoms with Gasteiger partial charge in [-0.2, -0.15) is 0 Å². The minimum Gasteiger partial charge on any atom is -0.355 e. The van der Waals surface area contributed by atoms with Crippen molar-refractivity contribution in [2.24, 2.45) is 4.99 Å². The van der Waals surface area contributed by atoms with Gasteiger partial charge in [-0.25, -0.2) is 0 Å². The first-order valence-corrected chi connectivity index (χ1v) is 13.9. The number of piperazine rings is 1. The molecule has 1 N–H and O–H groups in total. The molecular weight excluding hydrogens is 506 g/mol. The maximum Gasteiger partial charge on any atom is 0.222 e. The number of benzene rings is 1. The molecule has 1 amide bonds. The number of nitrogens with one attached hydrogen (secondary N) is 1. The lowest BCUT2D eigenvalue weighted by molar-refractivity contribution is -0.122. The molecule has 5 rings (SSSR count). The van der Waals surface area contributed by atoms with Crippen LogP contribution in [0.15, 0.2) is 29.3 Å². The van der Waals surface area contributed by atoms with E-state index in [-0.39, 0.29) is 12.3 Å². The molecule has 2 aliphatic rings. The minimum atomic E-state index is -0.896. The van der Waals surface area contributed by atoms with Crippen molar-refractivity contribution in [1.29, 1.82) is 0 Å². The molecule has 8 nitrogen and oxygen atoms in total. The molecule has 0 saturated carbocycles. The average Bonchev–Trinajstić information content (AvgIpc) is 3.35. The molecule has 2 aliphatic heterocycles. The van der Waals surface area contributed by atoms with Crippen molar-refractivity contribution in [3.63, 3.8) is 0 Å². The van der Waals surface area contributed by atoms with E-state index in [1.807, 2.05) is 38.1 Å². The number of halogens is 1. The van der Waals surface area contributed by atoms with E-state index in [2.05, 4.69) is 50.8 Å². The first-order chi connectivity index (χ1) is 17.7. The van der Waals surface area contributed by atoms with E-state index >= 15 is 0 Å². The van der Waals surface area contributed by atoms with Gasteiger partial charge in [-0.1, -0.05) is 23.7 Å². The van der Waals surface area contributed by atoms with E-state index in [1.165, 1.54) is 10.4 Å². The fourth-order valence-electron chi connectivity index (χ4n) is 5.09. The minimum absolute atomic E-state index is 0.0406. The molecule has 2 aromatic heterocycles. The fourth-order valence-corrected chi connectivity index (χ4v) is 6.42. The number of carbonyl (C=O) groups is 1. The molecule has 10 heteroatoms. The first-order valence-electron chi connectivity index (χ1n) is 12.7. The van der Waals surface area contributed by atoms with Crippen LogP contribution in [0.25, 0.3) is 5.00 Å². The summed E-state index contributed by atoms with van der Waals surface area (Å²) in [6.07, 6.45) is 0.179. The van der Waals surface area contributed by atoms with Crippen LogP contribution in [-0.4, -0.2) is 82.5 Å². The van der Waals surface area contributed by atoms with E-state index in [0.717, 1.165) is 60.4 Å². The highest BCUT2D eigenvalue weighted by molar-refractivity contribution is 7.15. The topological polar surface area (TPSA) is 78.7 Å². The molecule has 1 unspecified atom stereocenters. The quantitative estimate of drug-likeness (QED) is 0.516. The summed E-state index contributed by atoms with van der Waals surface area (Å²) in [7, 11) is 2.15. The van der Waals surface area contributed by atoms with Gasteiger partial charge in [0, 0.05) is 60.3 Å². The van der Waals surface area contributed by atoms with Gasteiger partial charge in [0.1, 0.15) is 16.4 Å². The second-order valence-corrected chi connectivity index (χ2v) is 11.9. The van der Waals surface area contributed by atoms with Crippen LogP contribution in [0.3, 0.4) is 0 Å². The highest BCUT2D eigenvalue weighted by Gasteiger charge is 2.40. The summed E-state index contributed by atoms with van der Waals surface area (Å²) in [5.74, 6) is 1.43. The molecule has 0 bridgehead atoms. The Kier molecular flexibility index (Phi) is 7.24. The van der Waals surface area contributed by atoms with Gasteiger partial charge in [0.25, 0.3) is 0 Å². The molecule has 0 radical (unpaired) electrons. The lowest BCUT2D eigenvalue weighted by Gasteiger charge is -2.32. The largest absolute Gasteiger partial charge is 0.355 e. The summed E-state index contributed by atoms with van der Waals surface area (Å²) in [4.78, 5) is 24.5. The van der Waals surface area contributed by atoms with Crippen LogP contribution in [0.2, 0.25) is 5.02 Å². The predicted octanol–water partition coefficient (Wildman–Crippen LogP) is 3.73. The van der Waals surface area contributed by atoms with Gasteiger partial charge in [-0.05, 0) is 52.4 Å². The lowest BCUT2D eigenvalue weighted by atomic mass is 9.95. The SMILES string of the molecule is Cc1sc2c(c1C)C(c1ccc(Cl)cc1)=NC(C)(CC(=O)NCCN1CCN(C)CC1)c1nnc(C)n1-2. The Bertz CT molecular complexity index is 1340. The number of rotatable bonds is 6. The third-order valence-corrected chi connectivity index (χ3v) is 8.88. The summed E-state index contributed by atoms with van der Waals surface area (Å²) in [5, 5.41) is 13.8. The molecule has 4 heterocycles. The molecule has 37 heavy (non-hydrogen) atoms. The van der Waals surface area contributed by atoms with Crippen LogP contribution < -0.4 is 5.32 Å². The third kappa shape index (κ3) is 5.10. The van der Waals surface area contributed by atoms with Crippen molar-refractivity contribution in [2.45, 2.75) is 39.7 Å². The Morgan fingerprint density at radius 3 is 2.51 bits per heavy atom. The maximum atomic E-state index is 13.3. The second kappa shape index (κ2) is 10.3. The summed E-state index contributed by atoms with van der Waals surface area (Å²) >= 11 is 7.92. The van der Waals surface area contributed by atoms with E-state index in [9.17, 15) is 4.79 Å². The second-order valence-electron chi connectivity index (χ2n) is 10.3. The van der Waals surface area contributed by atoms with Gasteiger partial charge in [0.05, 0.1) is 12.1 Å². The molecule has 1 aromatic carbocycles. The van der Waals surface area contributed by atoms with E-state index in [0.29, 0.717) is 17.4 Å². The normalized spacial score (nSPS) is 20.2. The predicted molar refractivity (Wildman–Crippen MR) is 149 cm³/mol. The van der Waals surface area contributed by atoms with Crippen molar-refractivity contribution in [3.05, 3.63) is 62.5 Å². The molecule has 1 fully saturated rings. The van der Waals surface area contributed by atoms with Crippen LogP contribution in [0, 0.1) is 20.8 Å². The molecular formula is C27H34ClN7OS. The van der Waals surface area contributed by atoms with Crippen molar-refractivity contribution in [3.8, 4) is 5.00 Å². The number of nitrogens with zero attached hydrogens (tertiary/aromatic N) is 6. The maximum absolute atomic E-state index is 13.3. The number of hydrogen-bond acceptors (Lipinski definition) is 7. The van der Waals surface area contributed by atoms with E-state index in [1.54, 1.807) is 11.3 Å². The van der Waals surface area contributed by atoms with Crippen LogP contribution >= 0.6 is 22.9 Å². The number of aromatic nitrogens is 3. The van der Waals surface area contributed by atoms with Crippen molar-refractivity contribution < 1.29 is 4.79 Å². The Labute approximate surface area is 227 Å². The Hall–Kier alpha value is -2.59. The van der Waals surface area contributed by atoms with Gasteiger partial charge in [-0.3, -0.25) is 19.3 Å². The molecule has 0 aliphatic carbocycles. The zero-order chi connectivity index (χ0) is 26.3. The smallest absolute Gasteiger partial charge is 0.222 e. The fraction of sp³-hybridized carbons (Fsp3) is 0.481. The summed E-state index contributed by atoms with van der Waals surface area (Å²) in [6.45, 7) is 13.8. The van der Waals surface area contributed by atoms with Gasteiger partial charge >= 0.3 is 0 Å². The third-order valence-electron chi connectivity index (χ3n) is 7.44. The average molecular weight is 540 g/mol. The number of fused-ring (bicyclic) bond motifs is 3. The van der Waals surface area contributed by atoms with Gasteiger partial charge < -0.3 is 10.2 Å². The molecule has 1 atom stereocenters. The van der Waals surface area contributed by atoms with E-state index < -0.39 is 5.54 Å².